The number of benzene rings is 1. The van der Waals surface area contributed by atoms with E-state index in [1.807, 2.05) is 0 Å². The number of thiazole rings is 1. The molecule has 4 nitrogen and oxygen atoms in total. The van der Waals surface area contributed by atoms with Crippen LogP contribution in [-0.4, -0.2) is 16.1 Å². The van der Waals surface area contributed by atoms with Crippen molar-refractivity contribution in [3.05, 3.63) is 42.2 Å². The second kappa shape index (κ2) is 6.89. The van der Waals surface area contributed by atoms with Gasteiger partial charge in [0.25, 0.3) is 0 Å². The van der Waals surface area contributed by atoms with Gasteiger partial charge in [-0.05, 0) is 49.6 Å². The van der Waals surface area contributed by atoms with Crippen LogP contribution in [0.5, 0.6) is 0 Å². The average molecular weight is 441 g/mol. The highest BCUT2D eigenvalue weighted by atomic mass is 79.9. The Balaban J connectivity index is 2.13. The zero-order valence-electron chi connectivity index (χ0n) is 9.99. The van der Waals surface area contributed by atoms with Crippen LogP contribution in [0.25, 0.3) is 0 Å². The molecule has 1 aromatic heterocycles. The van der Waals surface area contributed by atoms with Crippen LogP contribution in [0, 0.1) is 0 Å². The van der Waals surface area contributed by atoms with Gasteiger partial charge in [-0.1, -0.05) is 11.6 Å². The summed E-state index contributed by atoms with van der Waals surface area (Å²) in [5.41, 5.74) is 1.59. The molecule has 8 heteroatoms. The van der Waals surface area contributed by atoms with E-state index in [9.17, 15) is 4.79 Å². The molecule has 0 fully saturated rings. The van der Waals surface area contributed by atoms with Crippen molar-refractivity contribution in [3.8, 4) is 0 Å². The lowest BCUT2D eigenvalue weighted by Gasteiger charge is -2.11. The number of anilines is 1. The van der Waals surface area contributed by atoms with Gasteiger partial charge in [0.05, 0.1) is 18.7 Å². The Morgan fingerprint density at radius 1 is 1.40 bits per heavy atom. The van der Waals surface area contributed by atoms with Crippen molar-refractivity contribution in [2.75, 3.05) is 5.32 Å². The van der Waals surface area contributed by atoms with Crippen LogP contribution in [0.15, 0.2) is 27.3 Å². The fraction of sp³-hybridized carbons (Fsp3) is 0.167. The third kappa shape index (κ3) is 4.18. The van der Waals surface area contributed by atoms with Crippen molar-refractivity contribution in [2.24, 2.45) is 0 Å². The summed E-state index contributed by atoms with van der Waals surface area (Å²) in [7, 11) is 0. The van der Waals surface area contributed by atoms with Gasteiger partial charge in [0, 0.05) is 20.0 Å². The van der Waals surface area contributed by atoms with Crippen molar-refractivity contribution < 1.29 is 9.90 Å². The number of carboxylic acid groups (broad SMARTS) is 1. The van der Waals surface area contributed by atoms with Gasteiger partial charge >= 0.3 is 5.97 Å². The SMILES string of the molecule is O=C(O)Cc1cc(Br)c(NCc2cnc(Cl)s2)c(Br)c1. The highest BCUT2D eigenvalue weighted by Gasteiger charge is 2.10. The maximum atomic E-state index is 10.7. The van der Waals surface area contributed by atoms with E-state index in [-0.39, 0.29) is 6.42 Å². The Bertz CT molecular complexity index is 625. The fourth-order valence-corrected chi connectivity index (χ4v) is 4.09. The smallest absolute Gasteiger partial charge is 0.307 e. The van der Waals surface area contributed by atoms with E-state index in [0.717, 1.165) is 25.1 Å². The third-order valence-corrected chi connectivity index (χ3v) is 4.79. The van der Waals surface area contributed by atoms with Gasteiger partial charge in [0.1, 0.15) is 0 Å². The van der Waals surface area contributed by atoms with E-state index >= 15 is 0 Å². The summed E-state index contributed by atoms with van der Waals surface area (Å²) in [6.07, 6.45) is 1.71. The minimum atomic E-state index is -0.858. The molecule has 0 unspecified atom stereocenters. The summed E-state index contributed by atoms with van der Waals surface area (Å²) >= 11 is 14.1. The van der Waals surface area contributed by atoms with E-state index in [4.69, 9.17) is 16.7 Å². The van der Waals surface area contributed by atoms with E-state index in [0.29, 0.717) is 11.0 Å². The van der Waals surface area contributed by atoms with Crippen LogP contribution >= 0.6 is 54.8 Å². The lowest BCUT2D eigenvalue weighted by atomic mass is 10.1. The van der Waals surface area contributed by atoms with Crippen molar-refractivity contribution in [3.63, 3.8) is 0 Å². The first kappa shape index (κ1) is 15.8. The molecule has 1 heterocycles. The van der Waals surface area contributed by atoms with Crippen LogP contribution in [0.3, 0.4) is 0 Å². The Hall–Kier alpha value is -0.630. The van der Waals surface area contributed by atoms with Crippen LogP contribution < -0.4 is 5.32 Å². The monoisotopic (exact) mass is 438 g/mol. The number of aromatic nitrogens is 1. The summed E-state index contributed by atoms with van der Waals surface area (Å²) in [4.78, 5) is 15.7. The number of hydrogen-bond donors (Lipinski definition) is 2. The second-order valence-electron chi connectivity index (χ2n) is 3.94. The number of nitrogens with zero attached hydrogens (tertiary/aromatic N) is 1. The van der Waals surface area contributed by atoms with Gasteiger partial charge in [-0.2, -0.15) is 0 Å². The molecule has 0 spiro atoms. The molecule has 0 aliphatic heterocycles. The van der Waals surface area contributed by atoms with Crippen LogP contribution in [0.4, 0.5) is 5.69 Å². The quantitative estimate of drug-likeness (QED) is 0.716. The predicted molar refractivity (Wildman–Crippen MR) is 87.6 cm³/mol. The van der Waals surface area contributed by atoms with E-state index in [2.05, 4.69) is 42.2 Å². The molecule has 1 aromatic carbocycles. The first-order valence-corrected chi connectivity index (χ1v) is 8.27. The van der Waals surface area contributed by atoms with Gasteiger partial charge in [0.2, 0.25) is 0 Å². The van der Waals surface area contributed by atoms with Gasteiger partial charge in [-0.15, -0.1) is 11.3 Å². The fourth-order valence-electron chi connectivity index (χ4n) is 1.61. The largest absolute Gasteiger partial charge is 0.481 e. The Kier molecular flexibility index (Phi) is 5.42. The molecule has 2 rings (SSSR count). The molecular formula is C12H9Br2ClN2O2S. The summed E-state index contributed by atoms with van der Waals surface area (Å²) in [5.74, 6) is -0.858. The maximum Gasteiger partial charge on any atom is 0.307 e. The van der Waals surface area contributed by atoms with Gasteiger partial charge < -0.3 is 10.4 Å². The summed E-state index contributed by atoms with van der Waals surface area (Å²) in [6.45, 7) is 0.597. The van der Waals surface area contributed by atoms with Crippen molar-refractivity contribution >= 4 is 66.5 Å². The number of nitrogens with one attached hydrogen (secondary N) is 1. The molecule has 106 valence electrons. The minimum Gasteiger partial charge on any atom is -0.481 e. The Morgan fingerprint density at radius 3 is 2.55 bits per heavy atom. The molecule has 0 bridgehead atoms. The molecule has 20 heavy (non-hydrogen) atoms. The van der Waals surface area contributed by atoms with Gasteiger partial charge in [0.15, 0.2) is 4.47 Å². The summed E-state index contributed by atoms with van der Waals surface area (Å²) in [6, 6.07) is 3.59. The van der Waals surface area contributed by atoms with Gasteiger partial charge in [-0.25, -0.2) is 4.98 Å². The number of rotatable bonds is 5. The first-order valence-electron chi connectivity index (χ1n) is 5.49. The summed E-state index contributed by atoms with van der Waals surface area (Å²) in [5, 5.41) is 12.1. The van der Waals surface area contributed by atoms with Crippen molar-refractivity contribution in [1.29, 1.82) is 0 Å². The standard InChI is InChI=1S/C12H9Br2ClN2O2S/c13-8-1-6(3-10(18)19)2-9(14)11(8)16-4-7-5-17-12(15)20-7/h1-2,5,16H,3-4H2,(H,18,19). The predicted octanol–water partition coefficient (Wildman–Crippen LogP) is 4.56. The average Bonchev–Trinajstić information content (AvgIpc) is 2.73. The third-order valence-electron chi connectivity index (χ3n) is 2.42. The Morgan fingerprint density at radius 2 is 2.05 bits per heavy atom. The van der Waals surface area contributed by atoms with E-state index in [1.165, 1.54) is 11.3 Å². The highest BCUT2D eigenvalue weighted by molar-refractivity contribution is 9.11. The number of halogens is 3. The zero-order chi connectivity index (χ0) is 14.7. The molecule has 0 aliphatic rings. The molecule has 0 saturated carbocycles. The molecule has 0 aliphatic carbocycles. The van der Waals surface area contributed by atoms with E-state index < -0.39 is 5.97 Å². The minimum absolute atomic E-state index is 0.0120. The number of carboxylic acids is 1. The normalized spacial score (nSPS) is 10.6. The van der Waals surface area contributed by atoms with Gasteiger partial charge in [-0.3, -0.25) is 4.79 Å². The molecule has 0 atom stereocenters. The molecule has 0 saturated heterocycles. The lowest BCUT2D eigenvalue weighted by molar-refractivity contribution is -0.136. The van der Waals surface area contributed by atoms with Crippen LogP contribution in [0.1, 0.15) is 10.4 Å². The molecular weight excluding hydrogens is 431 g/mol. The molecule has 0 radical (unpaired) electrons. The maximum absolute atomic E-state index is 10.7. The zero-order valence-corrected chi connectivity index (χ0v) is 14.7. The van der Waals surface area contributed by atoms with E-state index in [1.54, 1.807) is 18.3 Å². The summed E-state index contributed by atoms with van der Waals surface area (Å²) < 4.78 is 2.12. The number of carbonyl (C=O) groups is 1. The van der Waals surface area contributed by atoms with Crippen LogP contribution in [0.2, 0.25) is 4.47 Å². The molecule has 0 amide bonds. The van der Waals surface area contributed by atoms with Crippen molar-refractivity contribution in [2.45, 2.75) is 13.0 Å². The van der Waals surface area contributed by atoms with Crippen LogP contribution in [-0.2, 0) is 17.8 Å². The number of hydrogen-bond acceptors (Lipinski definition) is 4. The molecule has 2 aromatic rings. The second-order valence-corrected chi connectivity index (χ2v) is 7.34. The lowest BCUT2D eigenvalue weighted by Crippen LogP contribution is -2.03. The Labute approximate surface area is 141 Å². The number of aliphatic carboxylic acids is 1. The first-order chi connectivity index (χ1) is 9.45. The highest BCUT2D eigenvalue weighted by Crippen LogP contribution is 2.33. The molecule has 2 N–H and O–H groups in total. The van der Waals surface area contributed by atoms with Crippen molar-refractivity contribution in [1.82, 2.24) is 4.98 Å². The topological polar surface area (TPSA) is 62.2 Å².